The third-order valence-electron chi connectivity index (χ3n) is 4.91. The number of aliphatic hydroxyl groups excluding tert-OH is 1. The first-order valence-electron chi connectivity index (χ1n) is 10.8. The van der Waals surface area contributed by atoms with E-state index in [2.05, 4.69) is 15.8 Å². The maximum absolute atomic E-state index is 11.9. The Balaban J connectivity index is 1.55. The van der Waals surface area contributed by atoms with Gasteiger partial charge in [-0.15, -0.1) is 0 Å². The molecule has 0 saturated carbocycles. The van der Waals surface area contributed by atoms with Crippen molar-refractivity contribution < 1.29 is 19.8 Å². The first-order valence-corrected chi connectivity index (χ1v) is 10.8. The number of nitrogens with zero attached hydrogens (tertiary/aromatic N) is 2. The molecule has 2 rings (SSSR count). The number of benzene rings is 2. The normalized spacial score (nSPS) is 10.8. The summed E-state index contributed by atoms with van der Waals surface area (Å²) >= 11 is 0. The number of carbonyl (C=O) groups excluding carboxylic acids is 2. The number of amides is 2. The number of aromatic hydroxyl groups is 1. The number of hydrazone groups is 1. The van der Waals surface area contributed by atoms with Gasteiger partial charge in [0.2, 0.25) is 11.8 Å². The topological polar surface area (TPSA) is 114 Å². The second-order valence-electron chi connectivity index (χ2n) is 7.51. The minimum Gasteiger partial charge on any atom is -0.506 e. The van der Waals surface area contributed by atoms with Crippen molar-refractivity contribution in [2.45, 2.75) is 38.5 Å². The molecule has 0 saturated heterocycles. The molecule has 0 spiro atoms. The van der Waals surface area contributed by atoms with Gasteiger partial charge in [-0.25, -0.2) is 5.43 Å². The summed E-state index contributed by atoms with van der Waals surface area (Å²) in [6.45, 7) is 0.662. The van der Waals surface area contributed by atoms with Crippen LogP contribution in [-0.4, -0.2) is 48.4 Å². The number of rotatable bonds is 13. The van der Waals surface area contributed by atoms with E-state index < -0.39 is 0 Å². The number of phenols is 1. The number of likely N-dealkylation sites (N-methyl/N-ethyl adjacent to an activating group) is 1. The Morgan fingerprint density at radius 1 is 0.969 bits per heavy atom. The number of nitrogens with one attached hydrogen (secondary N) is 2. The fourth-order valence-corrected chi connectivity index (χ4v) is 3.05. The molecule has 0 aromatic heterocycles. The highest BCUT2D eigenvalue weighted by atomic mass is 16.3. The largest absolute Gasteiger partial charge is 0.506 e. The molecule has 172 valence electrons. The summed E-state index contributed by atoms with van der Waals surface area (Å²) in [4.78, 5) is 25.7. The fraction of sp³-hybridized carbons (Fsp3) is 0.375. The van der Waals surface area contributed by atoms with Crippen LogP contribution < -0.4 is 15.6 Å². The molecule has 2 aromatic rings. The van der Waals surface area contributed by atoms with Crippen LogP contribution in [0.4, 0.5) is 11.4 Å². The van der Waals surface area contributed by atoms with Crippen molar-refractivity contribution in [2.24, 2.45) is 5.10 Å². The van der Waals surface area contributed by atoms with Gasteiger partial charge in [0.15, 0.2) is 0 Å². The van der Waals surface area contributed by atoms with Crippen molar-refractivity contribution in [3.8, 4) is 5.75 Å². The molecule has 4 N–H and O–H groups in total. The molecule has 0 bridgehead atoms. The monoisotopic (exact) mass is 440 g/mol. The van der Waals surface area contributed by atoms with E-state index in [1.165, 1.54) is 6.07 Å². The van der Waals surface area contributed by atoms with Gasteiger partial charge < -0.3 is 20.4 Å². The zero-order valence-electron chi connectivity index (χ0n) is 18.5. The molecule has 0 aliphatic rings. The number of hydrogen-bond donors (Lipinski definition) is 4. The highest BCUT2D eigenvalue weighted by Crippen LogP contribution is 2.21. The van der Waals surface area contributed by atoms with Gasteiger partial charge in [-0.05, 0) is 42.7 Å². The lowest BCUT2D eigenvalue weighted by molar-refractivity contribution is -0.121. The Morgan fingerprint density at radius 2 is 1.62 bits per heavy atom. The van der Waals surface area contributed by atoms with Gasteiger partial charge in [0.25, 0.3) is 0 Å². The van der Waals surface area contributed by atoms with E-state index in [1.54, 1.807) is 24.4 Å². The van der Waals surface area contributed by atoms with Gasteiger partial charge in [-0.1, -0.05) is 37.1 Å². The zero-order chi connectivity index (χ0) is 23.2. The lowest BCUT2D eigenvalue weighted by Crippen LogP contribution is -2.20. The van der Waals surface area contributed by atoms with Crippen LogP contribution in [0.2, 0.25) is 0 Å². The Kier molecular flexibility index (Phi) is 10.7. The third kappa shape index (κ3) is 9.18. The Labute approximate surface area is 189 Å². The average Bonchev–Trinajstić information content (AvgIpc) is 2.78. The molecule has 0 unspecified atom stereocenters. The number of unbranched alkanes of at least 4 members (excludes halogenated alkanes) is 3. The van der Waals surface area contributed by atoms with Crippen molar-refractivity contribution >= 4 is 29.4 Å². The summed E-state index contributed by atoms with van der Waals surface area (Å²) in [6.07, 6.45) is 5.51. The minimum atomic E-state index is -0.141. The van der Waals surface area contributed by atoms with Gasteiger partial charge in [-0.3, -0.25) is 9.59 Å². The molecule has 2 aromatic carbocycles. The second kappa shape index (κ2) is 13.8. The molecular formula is C24H32N4O4. The highest BCUT2D eigenvalue weighted by Gasteiger charge is 2.06. The number of hydrogen-bond acceptors (Lipinski definition) is 6. The van der Waals surface area contributed by atoms with E-state index in [-0.39, 0.29) is 24.2 Å². The van der Waals surface area contributed by atoms with Crippen LogP contribution in [0.3, 0.4) is 0 Å². The van der Waals surface area contributed by atoms with Crippen molar-refractivity contribution in [2.75, 3.05) is 30.4 Å². The minimum absolute atomic E-state index is 0.0530. The van der Waals surface area contributed by atoms with E-state index in [0.29, 0.717) is 25.1 Å². The highest BCUT2D eigenvalue weighted by molar-refractivity contribution is 5.92. The van der Waals surface area contributed by atoms with Crippen LogP contribution in [0.15, 0.2) is 53.6 Å². The predicted octanol–water partition coefficient (Wildman–Crippen LogP) is 3.25. The van der Waals surface area contributed by atoms with Crippen LogP contribution in [0.25, 0.3) is 0 Å². The molecule has 2 amide bonds. The van der Waals surface area contributed by atoms with Crippen molar-refractivity contribution in [1.82, 2.24) is 5.43 Å². The number of aliphatic hydroxyl groups is 1. The number of para-hydroxylation sites is 2. The van der Waals surface area contributed by atoms with Gasteiger partial charge in [0, 0.05) is 32.1 Å². The quantitative estimate of drug-likeness (QED) is 0.165. The Bertz CT molecular complexity index is 884. The van der Waals surface area contributed by atoms with E-state index >= 15 is 0 Å². The van der Waals surface area contributed by atoms with Crippen molar-refractivity contribution in [3.05, 3.63) is 54.1 Å². The van der Waals surface area contributed by atoms with Gasteiger partial charge in [0.1, 0.15) is 5.75 Å². The van der Waals surface area contributed by atoms with Crippen molar-refractivity contribution in [1.29, 1.82) is 0 Å². The van der Waals surface area contributed by atoms with Crippen LogP contribution in [0.5, 0.6) is 5.75 Å². The van der Waals surface area contributed by atoms with Crippen LogP contribution in [-0.2, 0) is 9.59 Å². The van der Waals surface area contributed by atoms with E-state index in [4.69, 9.17) is 5.11 Å². The van der Waals surface area contributed by atoms with Gasteiger partial charge in [-0.2, -0.15) is 5.10 Å². The SMILES string of the molecule is CN(CCO)c1ccc(/C=N/NC(=O)CCCCCCC(=O)Nc2ccccc2O)cc1. The summed E-state index contributed by atoms with van der Waals surface area (Å²) in [6, 6.07) is 14.3. The molecular weight excluding hydrogens is 408 g/mol. The molecule has 32 heavy (non-hydrogen) atoms. The first-order chi connectivity index (χ1) is 15.5. The molecule has 8 nitrogen and oxygen atoms in total. The number of anilines is 2. The maximum atomic E-state index is 11.9. The maximum Gasteiger partial charge on any atom is 0.240 e. The molecule has 0 radical (unpaired) electrons. The van der Waals surface area contributed by atoms with Gasteiger partial charge in [0.05, 0.1) is 18.5 Å². The molecule has 0 atom stereocenters. The lowest BCUT2D eigenvalue weighted by Gasteiger charge is -2.17. The van der Waals surface area contributed by atoms with E-state index in [9.17, 15) is 14.7 Å². The molecule has 8 heteroatoms. The predicted molar refractivity (Wildman–Crippen MR) is 127 cm³/mol. The fourth-order valence-electron chi connectivity index (χ4n) is 3.05. The molecule has 0 fully saturated rings. The van der Waals surface area contributed by atoms with Gasteiger partial charge >= 0.3 is 0 Å². The standard InChI is InChI=1S/C24H32N4O4/c1-28(16-17-29)20-14-12-19(13-15-20)18-25-27-24(32)11-5-3-2-4-10-23(31)26-21-8-6-7-9-22(21)30/h6-9,12-15,18,29-30H,2-5,10-11,16-17H2,1H3,(H,26,31)(H,27,32)/b25-18+. The Morgan fingerprint density at radius 3 is 2.28 bits per heavy atom. The van der Waals surface area contributed by atoms with Crippen LogP contribution in [0.1, 0.15) is 44.1 Å². The summed E-state index contributed by atoms with van der Waals surface area (Å²) < 4.78 is 0. The average molecular weight is 441 g/mol. The van der Waals surface area contributed by atoms with E-state index in [0.717, 1.165) is 36.9 Å². The van der Waals surface area contributed by atoms with Crippen LogP contribution in [0, 0.1) is 0 Å². The van der Waals surface area contributed by atoms with Crippen LogP contribution >= 0.6 is 0 Å². The molecule has 0 heterocycles. The second-order valence-corrected chi connectivity index (χ2v) is 7.51. The first kappa shape index (κ1) is 24.9. The summed E-state index contributed by atoms with van der Waals surface area (Å²) in [5.41, 5.74) is 4.81. The molecule has 0 aliphatic carbocycles. The van der Waals surface area contributed by atoms with E-state index in [1.807, 2.05) is 36.2 Å². The third-order valence-corrected chi connectivity index (χ3v) is 4.91. The van der Waals surface area contributed by atoms with Crippen molar-refractivity contribution in [3.63, 3.8) is 0 Å². The zero-order valence-corrected chi connectivity index (χ0v) is 18.5. The molecule has 0 aliphatic heterocycles. The smallest absolute Gasteiger partial charge is 0.240 e. The number of phenolic OH excluding ortho intramolecular Hbond substituents is 1. The lowest BCUT2D eigenvalue weighted by atomic mass is 10.1. The summed E-state index contributed by atoms with van der Waals surface area (Å²) in [7, 11) is 1.91. The Hall–Kier alpha value is -3.39. The number of carbonyl (C=O) groups is 2. The summed E-state index contributed by atoms with van der Waals surface area (Å²) in [5, 5.41) is 25.3. The summed E-state index contributed by atoms with van der Waals surface area (Å²) in [5.74, 6) is -0.221.